The van der Waals surface area contributed by atoms with Crippen molar-refractivity contribution in [1.29, 1.82) is 0 Å². The van der Waals surface area contributed by atoms with Crippen molar-refractivity contribution >= 4 is 21.9 Å². The van der Waals surface area contributed by atoms with Gasteiger partial charge in [0.2, 0.25) is 15.9 Å². The van der Waals surface area contributed by atoms with Gasteiger partial charge in [-0.3, -0.25) is 9.59 Å². The molecular weight excluding hydrogens is 260 g/mol. The van der Waals surface area contributed by atoms with Crippen LogP contribution in [0, 0.1) is 0 Å². The number of aliphatic carboxylic acids is 1. The second-order valence-corrected chi connectivity index (χ2v) is 6.17. The zero-order valence-electron chi connectivity index (χ0n) is 10.9. The average molecular weight is 280 g/mol. The minimum absolute atomic E-state index is 0.210. The molecule has 0 bridgehead atoms. The first-order chi connectivity index (χ1) is 8.20. The van der Waals surface area contributed by atoms with Crippen LogP contribution in [-0.2, 0) is 19.6 Å². The molecule has 0 aliphatic rings. The number of nitrogens with zero attached hydrogens (tertiary/aromatic N) is 2. The summed E-state index contributed by atoms with van der Waals surface area (Å²) in [6.45, 7) is 1.75. The van der Waals surface area contributed by atoms with Crippen molar-refractivity contribution < 1.29 is 23.1 Å². The van der Waals surface area contributed by atoms with E-state index in [0.717, 1.165) is 4.31 Å². The summed E-state index contributed by atoms with van der Waals surface area (Å²) in [5, 5.41) is 8.50. The van der Waals surface area contributed by atoms with Gasteiger partial charge in [0.05, 0.1) is 18.7 Å². The average Bonchev–Trinajstić information content (AvgIpc) is 2.25. The Bertz CT molecular complexity index is 391. The standard InChI is InChI=1S/C10H20N2O5S/c1-4-6-12(8-9(13)11(2)3)18(16,17)7-5-10(14)15/h4-8H2,1-3H3,(H,14,15). The number of hydrogen-bond acceptors (Lipinski definition) is 4. The fourth-order valence-corrected chi connectivity index (χ4v) is 2.66. The molecule has 8 heteroatoms. The third-order valence-corrected chi connectivity index (χ3v) is 4.07. The fraction of sp³-hybridized carbons (Fsp3) is 0.800. The largest absolute Gasteiger partial charge is 0.481 e. The van der Waals surface area contributed by atoms with Gasteiger partial charge >= 0.3 is 5.97 Å². The van der Waals surface area contributed by atoms with E-state index >= 15 is 0 Å². The van der Waals surface area contributed by atoms with Crippen molar-refractivity contribution in [2.75, 3.05) is 32.9 Å². The van der Waals surface area contributed by atoms with E-state index in [0.29, 0.717) is 6.42 Å². The lowest BCUT2D eigenvalue weighted by molar-refractivity contribution is -0.136. The molecule has 106 valence electrons. The maximum atomic E-state index is 11.9. The summed E-state index contributed by atoms with van der Waals surface area (Å²) < 4.78 is 24.8. The summed E-state index contributed by atoms with van der Waals surface area (Å²) in [5.41, 5.74) is 0. The lowest BCUT2D eigenvalue weighted by atomic mass is 10.4. The first-order valence-corrected chi connectivity index (χ1v) is 7.21. The Kier molecular flexibility index (Phi) is 6.85. The molecule has 0 aromatic heterocycles. The van der Waals surface area contributed by atoms with Crippen LogP contribution in [0.3, 0.4) is 0 Å². The van der Waals surface area contributed by atoms with E-state index in [1.54, 1.807) is 6.92 Å². The van der Waals surface area contributed by atoms with E-state index in [1.807, 2.05) is 0 Å². The van der Waals surface area contributed by atoms with Crippen molar-refractivity contribution in [3.8, 4) is 0 Å². The van der Waals surface area contributed by atoms with Crippen LogP contribution in [0.5, 0.6) is 0 Å². The van der Waals surface area contributed by atoms with Crippen molar-refractivity contribution in [3.63, 3.8) is 0 Å². The Morgan fingerprint density at radius 3 is 2.17 bits per heavy atom. The van der Waals surface area contributed by atoms with Crippen LogP contribution in [0.2, 0.25) is 0 Å². The van der Waals surface area contributed by atoms with Crippen molar-refractivity contribution in [1.82, 2.24) is 9.21 Å². The minimum atomic E-state index is -3.70. The van der Waals surface area contributed by atoms with Crippen LogP contribution >= 0.6 is 0 Å². The quantitative estimate of drug-likeness (QED) is 0.652. The lowest BCUT2D eigenvalue weighted by Crippen LogP contribution is -2.41. The first-order valence-electron chi connectivity index (χ1n) is 5.60. The van der Waals surface area contributed by atoms with Crippen LogP contribution in [0.15, 0.2) is 0 Å². The minimum Gasteiger partial charge on any atom is -0.481 e. The van der Waals surface area contributed by atoms with Gasteiger partial charge in [-0.25, -0.2) is 8.42 Å². The Hall–Kier alpha value is -1.15. The normalized spacial score (nSPS) is 11.6. The Labute approximate surface area is 107 Å². The molecule has 1 amide bonds. The second kappa shape index (κ2) is 7.32. The van der Waals surface area contributed by atoms with Crippen molar-refractivity contribution in [2.45, 2.75) is 19.8 Å². The van der Waals surface area contributed by atoms with Crippen LogP contribution in [0.1, 0.15) is 19.8 Å². The molecule has 0 rings (SSSR count). The molecule has 0 radical (unpaired) electrons. The van der Waals surface area contributed by atoms with Gasteiger partial charge in [-0.1, -0.05) is 6.92 Å². The smallest absolute Gasteiger partial charge is 0.304 e. The molecule has 0 atom stereocenters. The van der Waals surface area contributed by atoms with Gasteiger partial charge in [0.25, 0.3) is 0 Å². The van der Waals surface area contributed by atoms with Gasteiger partial charge in [-0.15, -0.1) is 0 Å². The Morgan fingerprint density at radius 2 is 1.78 bits per heavy atom. The van der Waals surface area contributed by atoms with Crippen LogP contribution in [0.4, 0.5) is 0 Å². The monoisotopic (exact) mass is 280 g/mol. The third kappa shape index (κ3) is 5.97. The number of hydrogen-bond donors (Lipinski definition) is 1. The molecule has 0 aliphatic carbocycles. The fourth-order valence-electron chi connectivity index (χ4n) is 1.20. The number of carbonyl (C=O) groups excluding carboxylic acids is 1. The zero-order valence-corrected chi connectivity index (χ0v) is 11.7. The molecule has 0 aromatic rings. The summed E-state index contributed by atoms with van der Waals surface area (Å²) in [4.78, 5) is 23.2. The molecule has 0 heterocycles. The van der Waals surface area contributed by atoms with Gasteiger partial charge in [0.15, 0.2) is 0 Å². The molecule has 1 N–H and O–H groups in total. The summed E-state index contributed by atoms with van der Waals surface area (Å²) in [6.07, 6.45) is 0.103. The summed E-state index contributed by atoms with van der Waals surface area (Å²) in [7, 11) is -0.627. The molecule has 0 aromatic carbocycles. The number of carboxylic acid groups (broad SMARTS) is 1. The van der Waals surface area contributed by atoms with E-state index in [9.17, 15) is 18.0 Å². The molecular formula is C10H20N2O5S. The molecule has 18 heavy (non-hydrogen) atoms. The lowest BCUT2D eigenvalue weighted by Gasteiger charge is -2.22. The van der Waals surface area contributed by atoms with E-state index in [4.69, 9.17) is 5.11 Å². The highest BCUT2D eigenvalue weighted by Crippen LogP contribution is 2.05. The Morgan fingerprint density at radius 1 is 1.22 bits per heavy atom. The highest BCUT2D eigenvalue weighted by molar-refractivity contribution is 7.89. The van der Waals surface area contributed by atoms with Gasteiger partial charge in [0.1, 0.15) is 0 Å². The molecule has 0 spiro atoms. The molecule has 0 saturated heterocycles. The number of sulfonamides is 1. The van der Waals surface area contributed by atoms with E-state index < -0.39 is 28.2 Å². The van der Waals surface area contributed by atoms with Crippen LogP contribution in [0.25, 0.3) is 0 Å². The molecule has 7 nitrogen and oxygen atoms in total. The number of likely N-dealkylation sites (N-methyl/N-ethyl adjacent to an activating group) is 1. The van der Waals surface area contributed by atoms with Gasteiger partial charge < -0.3 is 10.0 Å². The van der Waals surface area contributed by atoms with Crippen LogP contribution < -0.4 is 0 Å². The van der Waals surface area contributed by atoms with Gasteiger partial charge in [-0.2, -0.15) is 4.31 Å². The predicted octanol–water partition coefficient (Wildman–Crippen LogP) is -0.409. The number of carbonyl (C=O) groups is 2. The van der Waals surface area contributed by atoms with E-state index in [1.165, 1.54) is 19.0 Å². The maximum absolute atomic E-state index is 11.9. The highest BCUT2D eigenvalue weighted by atomic mass is 32.2. The molecule has 0 fully saturated rings. The molecule has 0 unspecified atom stereocenters. The number of rotatable bonds is 8. The number of amides is 1. The second-order valence-electron chi connectivity index (χ2n) is 4.08. The first kappa shape index (κ1) is 16.9. The van der Waals surface area contributed by atoms with E-state index in [-0.39, 0.29) is 19.0 Å². The summed E-state index contributed by atoms with van der Waals surface area (Å²) >= 11 is 0. The summed E-state index contributed by atoms with van der Waals surface area (Å²) in [5.74, 6) is -1.99. The molecule has 0 saturated carbocycles. The van der Waals surface area contributed by atoms with Gasteiger partial charge in [-0.05, 0) is 6.42 Å². The van der Waals surface area contributed by atoms with Crippen molar-refractivity contribution in [2.24, 2.45) is 0 Å². The maximum Gasteiger partial charge on any atom is 0.304 e. The van der Waals surface area contributed by atoms with E-state index in [2.05, 4.69) is 0 Å². The van der Waals surface area contributed by atoms with Gasteiger partial charge in [0, 0.05) is 20.6 Å². The topological polar surface area (TPSA) is 95.0 Å². The summed E-state index contributed by atoms with van der Waals surface area (Å²) in [6, 6.07) is 0. The molecule has 0 aliphatic heterocycles. The number of carboxylic acids is 1. The highest BCUT2D eigenvalue weighted by Gasteiger charge is 2.25. The Balaban J connectivity index is 4.76. The predicted molar refractivity (Wildman–Crippen MR) is 66.6 cm³/mol. The van der Waals surface area contributed by atoms with Crippen LogP contribution in [-0.4, -0.2) is 67.5 Å². The van der Waals surface area contributed by atoms with Crippen molar-refractivity contribution in [3.05, 3.63) is 0 Å². The zero-order chi connectivity index (χ0) is 14.3. The SMILES string of the molecule is CCCN(CC(=O)N(C)C)S(=O)(=O)CCC(=O)O. The third-order valence-electron chi connectivity index (χ3n) is 2.25.